The molecule has 7 heteroatoms. The van der Waals surface area contributed by atoms with Crippen LogP contribution in [0.25, 0.3) is 0 Å². The van der Waals surface area contributed by atoms with E-state index in [2.05, 4.69) is 34.5 Å². The normalized spacial score (nSPS) is 22.6. The molecule has 0 spiro atoms. The summed E-state index contributed by atoms with van der Waals surface area (Å²) < 4.78 is 5.86. The molecule has 1 N–H and O–H groups in total. The Hall–Kier alpha value is -2.22. The van der Waals surface area contributed by atoms with E-state index in [1.165, 1.54) is 16.9 Å². The van der Waals surface area contributed by atoms with Gasteiger partial charge in [-0.3, -0.25) is 14.5 Å². The average Bonchev–Trinajstić information content (AvgIpc) is 3.45. The van der Waals surface area contributed by atoms with Crippen molar-refractivity contribution in [3.63, 3.8) is 0 Å². The molecule has 6 nitrogen and oxygen atoms in total. The van der Waals surface area contributed by atoms with Crippen LogP contribution in [-0.4, -0.2) is 66.5 Å². The van der Waals surface area contributed by atoms with Crippen molar-refractivity contribution >= 4 is 23.2 Å². The summed E-state index contributed by atoms with van der Waals surface area (Å²) in [5, 5.41) is 4.92. The number of rotatable bonds is 6. The predicted molar refractivity (Wildman–Crippen MR) is 113 cm³/mol. The van der Waals surface area contributed by atoms with Gasteiger partial charge >= 0.3 is 0 Å². The van der Waals surface area contributed by atoms with Crippen molar-refractivity contribution in [2.24, 2.45) is 0 Å². The molecule has 2 aromatic rings. The summed E-state index contributed by atoms with van der Waals surface area (Å²) in [5.41, 5.74) is 1.28. The number of benzene rings is 1. The highest BCUT2D eigenvalue weighted by atomic mass is 32.1. The minimum Gasteiger partial charge on any atom is -0.374 e. The maximum Gasteiger partial charge on any atom is 0.264 e. The molecule has 2 aliphatic heterocycles. The van der Waals surface area contributed by atoms with Crippen LogP contribution in [0.5, 0.6) is 0 Å². The molecule has 0 aliphatic carbocycles. The van der Waals surface area contributed by atoms with E-state index < -0.39 is 0 Å². The number of ether oxygens (including phenoxy) is 1. The molecule has 4 rings (SSSR count). The first-order valence-corrected chi connectivity index (χ1v) is 11.1. The third-order valence-electron chi connectivity index (χ3n) is 5.52. The van der Waals surface area contributed by atoms with Crippen LogP contribution < -0.4 is 5.32 Å². The van der Waals surface area contributed by atoms with Crippen LogP contribution in [0.2, 0.25) is 0 Å². The number of amides is 2. The third kappa shape index (κ3) is 5.04. The first kappa shape index (κ1) is 20.1. The van der Waals surface area contributed by atoms with Crippen LogP contribution >= 0.6 is 11.3 Å². The van der Waals surface area contributed by atoms with Crippen molar-refractivity contribution in [1.82, 2.24) is 15.1 Å². The van der Waals surface area contributed by atoms with E-state index in [4.69, 9.17) is 4.74 Å². The minimum atomic E-state index is -0.381. The average molecular weight is 414 g/mol. The van der Waals surface area contributed by atoms with E-state index in [0.717, 1.165) is 26.1 Å². The number of hydrogen-bond acceptors (Lipinski definition) is 5. The zero-order valence-electron chi connectivity index (χ0n) is 16.5. The van der Waals surface area contributed by atoms with Gasteiger partial charge < -0.3 is 15.0 Å². The molecule has 1 aromatic heterocycles. The summed E-state index contributed by atoms with van der Waals surface area (Å²) in [6, 6.07) is 13.7. The van der Waals surface area contributed by atoms with Gasteiger partial charge in [0.1, 0.15) is 6.04 Å². The van der Waals surface area contributed by atoms with Crippen LogP contribution in [0.4, 0.5) is 0 Å². The smallest absolute Gasteiger partial charge is 0.264 e. The molecular formula is C22H27N3O3S. The van der Waals surface area contributed by atoms with Gasteiger partial charge in [-0.1, -0.05) is 36.4 Å². The summed E-state index contributed by atoms with van der Waals surface area (Å²) >= 11 is 1.42. The minimum absolute atomic E-state index is 0.0285. The van der Waals surface area contributed by atoms with E-state index >= 15 is 0 Å². The Kier molecular flexibility index (Phi) is 6.59. The molecule has 0 radical (unpaired) electrons. The van der Waals surface area contributed by atoms with Gasteiger partial charge in [-0.2, -0.15) is 0 Å². The lowest BCUT2D eigenvalue weighted by molar-refractivity contribution is -0.126. The van der Waals surface area contributed by atoms with Crippen LogP contribution in [0.15, 0.2) is 47.8 Å². The lowest BCUT2D eigenvalue weighted by Gasteiger charge is -2.33. The molecule has 2 atom stereocenters. The predicted octanol–water partition coefficient (Wildman–Crippen LogP) is 2.37. The second-order valence-corrected chi connectivity index (χ2v) is 8.54. The highest BCUT2D eigenvalue weighted by Crippen LogP contribution is 2.22. The second kappa shape index (κ2) is 9.52. The number of morpholine rings is 1. The summed E-state index contributed by atoms with van der Waals surface area (Å²) in [7, 11) is 0. The fourth-order valence-corrected chi connectivity index (χ4v) is 4.72. The Morgan fingerprint density at radius 1 is 1.14 bits per heavy atom. The van der Waals surface area contributed by atoms with Gasteiger partial charge in [0.05, 0.1) is 17.6 Å². The molecular weight excluding hydrogens is 386 g/mol. The molecule has 2 saturated heterocycles. The molecule has 1 aromatic carbocycles. The molecule has 2 aliphatic rings. The molecule has 0 bridgehead atoms. The summed E-state index contributed by atoms with van der Waals surface area (Å²) in [4.78, 5) is 30.2. The first-order chi connectivity index (χ1) is 14.2. The maximum absolute atomic E-state index is 12.8. The van der Waals surface area contributed by atoms with Crippen LogP contribution in [0.1, 0.15) is 28.1 Å². The number of nitrogens with zero attached hydrogens (tertiary/aromatic N) is 2. The molecule has 29 heavy (non-hydrogen) atoms. The Labute approximate surface area is 175 Å². The largest absolute Gasteiger partial charge is 0.374 e. The van der Waals surface area contributed by atoms with Crippen molar-refractivity contribution in [3.8, 4) is 0 Å². The molecule has 2 unspecified atom stereocenters. The number of hydrogen-bond donors (Lipinski definition) is 1. The van der Waals surface area contributed by atoms with E-state index in [9.17, 15) is 9.59 Å². The van der Waals surface area contributed by atoms with Gasteiger partial charge in [0, 0.05) is 32.7 Å². The quantitative estimate of drug-likeness (QED) is 0.790. The summed E-state index contributed by atoms with van der Waals surface area (Å²) in [5.74, 6) is -0.114. The van der Waals surface area contributed by atoms with Crippen molar-refractivity contribution < 1.29 is 14.3 Å². The van der Waals surface area contributed by atoms with Gasteiger partial charge in [-0.25, -0.2) is 0 Å². The Morgan fingerprint density at radius 3 is 2.79 bits per heavy atom. The molecule has 154 valence electrons. The van der Waals surface area contributed by atoms with Gasteiger partial charge in [0.2, 0.25) is 5.91 Å². The zero-order valence-corrected chi connectivity index (χ0v) is 17.3. The number of thiophene rings is 1. The van der Waals surface area contributed by atoms with Crippen molar-refractivity contribution in [2.75, 3.05) is 32.8 Å². The standard InChI is InChI=1S/C22H27N3O3S/c26-21(19-8-4-10-25(19)22(27)20-9-5-13-29-20)23-14-18-16-24(11-12-28-18)15-17-6-2-1-3-7-17/h1-3,5-7,9,13,18-19H,4,8,10-12,14-16H2,(H,23,26). The van der Waals surface area contributed by atoms with Crippen LogP contribution in [-0.2, 0) is 16.1 Å². The zero-order chi connectivity index (χ0) is 20.1. The topological polar surface area (TPSA) is 61.9 Å². The maximum atomic E-state index is 12.8. The van der Waals surface area contributed by atoms with Crippen LogP contribution in [0.3, 0.4) is 0 Å². The lowest BCUT2D eigenvalue weighted by atomic mass is 10.1. The summed E-state index contributed by atoms with van der Waals surface area (Å²) in [6.45, 7) is 4.35. The number of nitrogens with one attached hydrogen (secondary N) is 1. The third-order valence-corrected chi connectivity index (χ3v) is 6.38. The van der Waals surface area contributed by atoms with Crippen molar-refractivity contribution in [2.45, 2.75) is 31.5 Å². The van der Waals surface area contributed by atoms with Gasteiger partial charge in [0.15, 0.2) is 0 Å². The molecule has 3 heterocycles. The summed E-state index contributed by atoms with van der Waals surface area (Å²) in [6.07, 6.45) is 1.55. The molecule has 2 amide bonds. The van der Waals surface area contributed by atoms with Gasteiger partial charge in [-0.15, -0.1) is 11.3 Å². The Bertz CT molecular complexity index is 812. The second-order valence-electron chi connectivity index (χ2n) is 7.59. The number of carbonyl (C=O) groups excluding carboxylic acids is 2. The van der Waals surface area contributed by atoms with Crippen LogP contribution in [0, 0.1) is 0 Å². The fraction of sp³-hybridized carbons (Fsp3) is 0.455. The monoisotopic (exact) mass is 413 g/mol. The van der Waals surface area contributed by atoms with Gasteiger partial charge in [0.25, 0.3) is 5.91 Å². The fourth-order valence-electron chi connectivity index (χ4n) is 4.05. The Balaban J connectivity index is 1.28. The van der Waals surface area contributed by atoms with E-state index in [1.807, 2.05) is 23.6 Å². The van der Waals surface area contributed by atoms with Crippen molar-refractivity contribution in [3.05, 3.63) is 58.3 Å². The molecule has 0 saturated carbocycles. The SMILES string of the molecule is O=C(NCC1CN(Cc2ccccc2)CCO1)C1CCCN1C(=O)c1cccs1. The Morgan fingerprint density at radius 2 is 2.00 bits per heavy atom. The highest BCUT2D eigenvalue weighted by molar-refractivity contribution is 7.12. The van der Waals surface area contributed by atoms with E-state index in [-0.39, 0.29) is 24.0 Å². The number of likely N-dealkylation sites (tertiary alicyclic amines) is 1. The first-order valence-electron chi connectivity index (χ1n) is 10.2. The van der Waals surface area contributed by atoms with E-state index in [0.29, 0.717) is 31.0 Å². The highest BCUT2D eigenvalue weighted by Gasteiger charge is 2.35. The lowest BCUT2D eigenvalue weighted by Crippen LogP contribution is -2.51. The van der Waals surface area contributed by atoms with E-state index in [1.54, 1.807) is 4.90 Å². The van der Waals surface area contributed by atoms with Crippen molar-refractivity contribution in [1.29, 1.82) is 0 Å². The van der Waals surface area contributed by atoms with Gasteiger partial charge in [-0.05, 0) is 29.9 Å². The number of carbonyl (C=O) groups is 2. The molecule has 2 fully saturated rings.